The maximum atomic E-state index is 5.98. The Labute approximate surface area is 122 Å². The third-order valence-electron chi connectivity index (χ3n) is 3.52. The molecule has 3 rings (SSSR count). The molecule has 2 N–H and O–H groups in total. The molecule has 1 aromatic heterocycles. The van der Waals surface area contributed by atoms with Gasteiger partial charge in [0, 0.05) is 10.7 Å². The van der Waals surface area contributed by atoms with Crippen LogP contribution in [0.25, 0.3) is 11.1 Å². The fraction of sp³-hybridized carbons (Fsp3) is 0.188. The highest BCUT2D eigenvalue weighted by Gasteiger charge is 2.29. The molecule has 2 aromatic carbocycles. The molecule has 0 atom stereocenters. The van der Waals surface area contributed by atoms with Gasteiger partial charge in [-0.1, -0.05) is 23.7 Å². The number of rotatable bonds is 2. The summed E-state index contributed by atoms with van der Waals surface area (Å²) in [5, 5.41) is 0.655. The molecule has 0 amide bonds. The van der Waals surface area contributed by atoms with Crippen molar-refractivity contribution in [3.8, 4) is 0 Å². The lowest BCUT2D eigenvalue weighted by Gasteiger charge is -2.21. The van der Waals surface area contributed by atoms with Gasteiger partial charge in [-0.3, -0.25) is 0 Å². The Morgan fingerprint density at radius 1 is 1.10 bits per heavy atom. The second kappa shape index (κ2) is 4.53. The number of fused-ring (bicyclic) bond motifs is 1. The van der Waals surface area contributed by atoms with Crippen LogP contribution < -0.4 is 5.73 Å². The Balaban J connectivity index is 2.10. The molecule has 3 aromatic rings. The predicted octanol–water partition coefficient (Wildman–Crippen LogP) is 4.39. The molecule has 0 saturated carbocycles. The van der Waals surface area contributed by atoms with Crippen LogP contribution in [0.15, 0.2) is 46.9 Å². The van der Waals surface area contributed by atoms with Gasteiger partial charge in [0.15, 0.2) is 5.58 Å². The molecule has 1 heterocycles. The minimum Gasteiger partial charge on any atom is -0.440 e. The van der Waals surface area contributed by atoms with Crippen molar-refractivity contribution in [3.63, 3.8) is 0 Å². The summed E-state index contributed by atoms with van der Waals surface area (Å²) in [6, 6.07) is 13.2. The number of benzene rings is 2. The van der Waals surface area contributed by atoms with Gasteiger partial charge in [0.05, 0.1) is 5.41 Å². The number of anilines is 1. The molecule has 102 valence electrons. The molecular weight excluding hydrogens is 272 g/mol. The highest BCUT2D eigenvalue weighted by atomic mass is 35.5. The molecule has 0 aliphatic carbocycles. The lowest BCUT2D eigenvalue weighted by molar-refractivity contribution is 0.433. The van der Waals surface area contributed by atoms with E-state index in [-0.39, 0.29) is 5.41 Å². The lowest BCUT2D eigenvalue weighted by Crippen LogP contribution is -2.19. The number of nitrogens with two attached hydrogens (primary N) is 1. The first-order valence-corrected chi connectivity index (χ1v) is 6.77. The maximum Gasteiger partial charge on any atom is 0.205 e. The normalized spacial score (nSPS) is 11.9. The fourth-order valence-electron chi connectivity index (χ4n) is 2.19. The first kappa shape index (κ1) is 13.0. The van der Waals surface area contributed by atoms with Gasteiger partial charge in [-0.05, 0) is 49.7 Å². The fourth-order valence-corrected chi connectivity index (χ4v) is 2.36. The summed E-state index contributed by atoms with van der Waals surface area (Å²) in [4.78, 5) is 4.56. The van der Waals surface area contributed by atoms with Gasteiger partial charge in [0.2, 0.25) is 5.89 Å². The van der Waals surface area contributed by atoms with Gasteiger partial charge in [-0.25, -0.2) is 4.98 Å². The number of halogens is 1. The van der Waals surface area contributed by atoms with Crippen LogP contribution in [0.4, 0.5) is 5.69 Å². The van der Waals surface area contributed by atoms with Crippen LogP contribution in [0.2, 0.25) is 5.02 Å². The standard InChI is InChI=1S/C16H15ClN2O/c1-16(2,10-3-6-12(18)7-4-10)15-19-13-9-11(17)5-8-14(13)20-15/h3-9H,18H2,1-2H3. The first-order chi connectivity index (χ1) is 9.46. The minimum atomic E-state index is -0.334. The largest absolute Gasteiger partial charge is 0.440 e. The van der Waals surface area contributed by atoms with E-state index in [9.17, 15) is 0 Å². The number of nitrogen functional groups attached to an aromatic ring is 1. The maximum absolute atomic E-state index is 5.98. The van der Waals surface area contributed by atoms with E-state index in [2.05, 4.69) is 18.8 Å². The number of hydrogen-bond donors (Lipinski definition) is 1. The number of hydrogen-bond acceptors (Lipinski definition) is 3. The lowest BCUT2D eigenvalue weighted by atomic mass is 9.84. The van der Waals surface area contributed by atoms with E-state index in [4.69, 9.17) is 21.8 Å². The van der Waals surface area contributed by atoms with Crippen LogP contribution in [-0.4, -0.2) is 4.98 Å². The Bertz CT molecular complexity index is 760. The van der Waals surface area contributed by atoms with Gasteiger partial charge in [0.25, 0.3) is 0 Å². The Hall–Kier alpha value is -2.00. The summed E-state index contributed by atoms with van der Waals surface area (Å²) in [5.74, 6) is 0.666. The zero-order chi connectivity index (χ0) is 14.3. The zero-order valence-electron chi connectivity index (χ0n) is 11.4. The molecule has 3 nitrogen and oxygen atoms in total. The monoisotopic (exact) mass is 286 g/mol. The molecule has 0 aliphatic rings. The highest BCUT2D eigenvalue weighted by molar-refractivity contribution is 6.31. The summed E-state index contributed by atoms with van der Waals surface area (Å²) >= 11 is 5.98. The Morgan fingerprint density at radius 3 is 2.50 bits per heavy atom. The topological polar surface area (TPSA) is 52.0 Å². The third kappa shape index (κ3) is 2.14. The van der Waals surface area contributed by atoms with Crippen molar-refractivity contribution >= 4 is 28.4 Å². The SMILES string of the molecule is CC(C)(c1ccc(N)cc1)c1nc2cc(Cl)ccc2o1. The van der Waals surface area contributed by atoms with Crippen molar-refractivity contribution < 1.29 is 4.42 Å². The molecular formula is C16H15ClN2O. The number of nitrogens with zero attached hydrogens (tertiary/aromatic N) is 1. The van der Waals surface area contributed by atoms with E-state index >= 15 is 0 Å². The molecule has 0 fully saturated rings. The average Bonchev–Trinajstić information content (AvgIpc) is 2.83. The van der Waals surface area contributed by atoms with E-state index in [0.717, 1.165) is 22.4 Å². The Morgan fingerprint density at radius 2 is 1.80 bits per heavy atom. The molecule has 0 unspecified atom stereocenters. The van der Waals surface area contributed by atoms with E-state index in [1.165, 1.54) is 0 Å². The van der Waals surface area contributed by atoms with Crippen molar-refractivity contribution in [2.45, 2.75) is 19.3 Å². The van der Waals surface area contributed by atoms with E-state index in [0.29, 0.717) is 10.9 Å². The van der Waals surface area contributed by atoms with Crippen molar-refractivity contribution in [1.82, 2.24) is 4.98 Å². The van der Waals surface area contributed by atoms with Crippen LogP contribution in [0.3, 0.4) is 0 Å². The van der Waals surface area contributed by atoms with E-state index in [1.807, 2.05) is 36.4 Å². The molecule has 4 heteroatoms. The van der Waals surface area contributed by atoms with Crippen molar-refractivity contribution in [1.29, 1.82) is 0 Å². The summed E-state index contributed by atoms with van der Waals surface area (Å²) in [6.07, 6.45) is 0. The second-order valence-electron chi connectivity index (χ2n) is 5.38. The van der Waals surface area contributed by atoms with E-state index < -0.39 is 0 Å². The third-order valence-corrected chi connectivity index (χ3v) is 3.75. The van der Waals surface area contributed by atoms with Crippen LogP contribution in [0.1, 0.15) is 25.3 Å². The van der Waals surface area contributed by atoms with E-state index in [1.54, 1.807) is 6.07 Å². The Kier molecular flexibility index (Phi) is 2.94. The summed E-state index contributed by atoms with van der Waals surface area (Å²) in [5.41, 5.74) is 8.76. The predicted molar refractivity (Wildman–Crippen MR) is 82.0 cm³/mol. The number of oxazole rings is 1. The smallest absolute Gasteiger partial charge is 0.205 e. The van der Waals surface area contributed by atoms with Gasteiger partial charge in [-0.2, -0.15) is 0 Å². The molecule has 0 saturated heterocycles. The van der Waals surface area contributed by atoms with Gasteiger partial charge in [-0.15, -0.1) is 0 Å². The van der Waals surface area contributed by atoms with Crippen molar-refractivity contribution in [2.24, 2.45) is 0 Å². The minimum absolute atomic E-state index is 0.334. The zero-order valence-corrected chi connectivity index (χ0v) is 12.1. The van der Waals surface area contributed by atoms with Gasteiger partial charge in [0.1, 0.15) is 5.52 Å². The van der Waals surface area contributed by atoms with Crippen LogP contribution >= 0.6 is 11.6 Å². The second-order valence-corrected chi connectivity index (χ2v) is 5.81. The molecule has 0 spiro atoms. The molecule has 20 heavy (non-hydrogen) atoms. The van der Waals surface area contributed by atoms with Crippen LogP contribution in [0.5, 0.6) is 0 Å². The quantitative estimate of drug-likeness (QED) is 0.711. The van der Waals surface area contributed by atoms with Gasteiger partial charge < -0.3 is 10.2 Å². The van der Waals surface area contributed by atoms with Crippen molar-refractivity contribution in [2.75, 3.05) is 5.73 Å². The first-order valence-electron chi connectivity index (χ1n) is 6.39. The van der Waals surface area contributed by atoms with Crippen LogP contribution in [0, 0.1) is 0 Å². The molecule has 0 aliphatic heterocycles. The summed E-state index contributed by atoms with van der Waals surface area (Å²) in [7, 11) is 0. The summed E-state index contributed by atoms with van der Waals surface area (Å²) < 4.78 is 5.87. The van der Waals surface area contributed by atoms with Crippen molar-refractivity contribution in [3.05, 3.63) is 58.9 Å². The summed E-state index contributed by atoms with van der Waals surface area (Å²) in [6.45, 7) is 4.15. The molecule has 0 bridgehead atoms. The number of aromatic nitrogens is 1. The average molecular weight is 287 g/mol. The highest BCUT2D eigenvalue weighted by Crippen LogP contribution is 2.33. The van der Waals surface area contributed by atoms with Crippen LogP contribution in [-0.2, 0) is 5.41 Å². The van der Waals surface area contributed by atoms with Gasteiger partial charge >= 0.3 is 0 Å². The molecule has 0 radical (unpaired) electrons.